The van der Waals surface area contributed by atoms with Crippen LogP contribution >= 0.6 is 8.53 Å². The fourth-order valence-electron chi connectivity index (χ4n) is 4.12. The van der Waals surface area contributed by atoms with Gasteiger partial charge in [0.15, 0.2) is 0 Å². The van der Waals surface area contributed by atoms with Crippen LogP contribution in [0.3, 0.4) is 0 Å². The van der Waals surface area contributed by atoms with Gasteiger partial charge >= 0.3 is 20.2 Å². The zero-order valence-corrected chi connectivity index (χ0v) is 22.4. The summed E-state index contributed by atoms with van der Waals surface area (Å²) in [5, 5.41) is 3.01. The Morgan fingerprint density at radius 3 is 2.50 bits per heavy atom. The van der Waals surface area contributed by atoms with E-state index in [0.717, 1.165) is 11.1 Å². The number of carbonyl (C=O) groups excluding carboxylic acids is 1. The first kappa shape index (κ1) is 27.7. The minimum Gasteiger partial charge on any atom is -0.462 e. The first-order valence-corrected chi connectivity index (χ1v) is 13.6. The van der Waals surface area contributed by atoms with E-state index in [4.69, 9.17) is 18.5 Å². The Hall–Kier alpha value is -3.30. The highest BCUT2D eigenvalue weighted by Crippen LogP contribution is 2.39. The van der Waals surface area contributed by atoms with E-state index in [1.54, 1.807) is 13.8 Å². The maximum atomic E-state index is 12.2. The van der Waals surface area contributed by atoms with E-state index in [1.807, 2.05) is 61.5 Å². The molecule has 0 saturated carbocycles. The van der Waals surface area contributed by atoms with E-state index in [9.17, 15) is 14.4 Å². The maximum absolute atomic E-state index is 12.2. The van der Waals surface area contributed by atoms with Gasteiger partial charge in [0.1, 0.15) is 18.5 Å². The molecule has 2 aromatic carbocycles. The molecule has 202 valence electrons. The average Bonchev–Trinajstić information content (AvgIpc) is 3.26. The number of rotatable bonds is 11. The number of hydrogen-bond acceptors (Lipinski definition) is 8. The maximum Gasteiger partial charge on any atom is 0.330 e. The number of aromatic nitrogens is 2. The summed E-state index contributed by atoms with van der Waals surface area (Å²) in [6.45, 7) is 5.63. The van der Waals surface area contributed by atoms with Crippen molar-refractivity contribution in [1.82, 2.24) is 14.6 Å². The molecule has 0 radical (unpaired) electrons. The number of carbonyl (C=O) groups is 1. The molecule has 1 fully saturated rings. The lowest BCUT2D eigenvalue weighted by atomic mass is 10.1. The van der Waals surface area contributed by atoms with Gasteiger partial charge in [0.05, 0.1) is 18.8 Å². The fourth-order valence-corrected chi connectivity index (χ4v) is 5.20. The predicted octanol–water partition coefficient (Wildman–Crippen LogP) is 3.99. The number of ether oxygens (including phenoxy) is 2. The molecule has 4 atom stereocenters. The highest BCUT2D eigenvalue weighted by Gasteiger charge is 2.35. The topological polar surface area (TPSA) is 121 Å². The van der Waals surface area contributed by atoms with Gasteiger partial charge in [-0.3, -0.25) is 19.1 Å². The zero-order valence-electron chi connectivity index (χ0n) is 21.5. The van der Waals surface area contributed by atoms with E-state index in [-0.39, 0.29) is 31.3 Å². The summed E-state index contributed by atoms with van der Waals surface area (Å²) in [6, 6.07) is 18.9. The van der Waals surface area contributed by atoms with Crippen molar-refractivity contribution in [3.05, 3.63) is 87.7 Å². The molecule has 2 heterocycles. The molecule has 1 saturated heterocycles. The lowest BCUT2D eigenvalue weighted by Crippen LogP contribution is -2.33. The van der Waals surface area contributed by atoms with Crippen LogP contribution in [0.2, 0.25) is 0 Å². The molecule has 3 aromatic rings. The molecule has 1 aromatic heterocycles. The molecule has 1 aliphatic heterocycles. The van der Waals surface area contributed by atoms with Gasteiger partial charge in [0.25, 0.3) is 5.56 Å². The fraction of sp³-hybridized carbons (Fsp3) is 0.370. The van der Waals surface area contributed by atoms with Crippen LogP contribution in [0, 0.1) is 5.92 Å². The van der Waals surface area contributed by atoms with Crippen LogP contribution in [-0.2, 0) is 18.8 Å². The first-order valence-electron chi connectivity index (χ1n) is 12.4. The lowest BCUT2D eigenvalue weighted by Gasteiger charge is -2.21. The van der Waals surface area contributed by atoms with Crippen molar-refractivity contribution in [3.8, 4) is 16.9 Å². The molecule has 0 spiro atoms. The number of aromatic amines is 1. The standard InChI is InChI=1S/C27H32N3O7P/c1-18(2)35-25(32)16-28-38(37-22-11-9-21(10-12-22)20-7-5-4-6-8-20)34-17-23-15-19(3)26(36-23)30-14-13-24(31)29-27(30)33/h4-14,18-19,23,26,28H,15-17H2,1-3H3,(H,29,31,33). The highest BCUT2D eigenvalue weighted by molar-refractivity contribution is 7.45. The molecule has 4 rings (SSSR count). The average molecular weight is 542 g/mol. The number of esters is 1. The van der Waals surface area contributed by atoms with Crippen molar-refractivity contribution in [3.63, 3.8) is 0 Å². The molecule has 0 aliphatic carbocycles. The molecular weight excluding hydrogens is 509 g/mol. The van der Waals surface area contributed by atoms with Gasteiger partial charge < -0.3 is 18.5 Å². The van der Waals surface area contributed by atoms with Gasteiger partial charge in [-0.05, 0) is 43.5 Å². The zero-order chi connectivity index (χ0) is 27.1. The molecule has 4 unspecified atom stereocenters. The summed E-state index contributed by atoms with van der Waals surface area (Å²) in [7, 11) is -1.71. The molecule has 10 nitrogen and oxygen atoms in total. The summed E-state index contributed by atoms with van der Waals surface area (Å²) in [4.78, 5) is 38.0. The van der Waals surface area contributed by atoms with Crippen LogP contribution in [0.25, 0.3) is 11.1 Å². The van der Waals surface area contributed by atoms with Gasteiger partial charge in [0.2, 0.25) is 0 Å². The van der Waals surface area contributed by atoms with Crippen LogP contribution in [0.4, 0.5) is 0 Å². The molecule has 11 heteroatoms. The summed E-state index contributed by atoms with van der Waals surface area (Å²) in [5.74, 6) is 0.181. The third-order valence-electron chi connectivity index (χ3n) is 5.83. The number of nitrogens with zero attached hydrogens (tertiary/aromatic N) is 1. The summed E-state index contributed by atoms with van der Waals surface area (Å²) < 4.78 is 24.8. The Kier molecular flexibility index (Phi) is 9.47. The third kappa shape index (κ3) is 7.61. The van der Waals surface area contributed by atoms with Crippen LogP contribution in [-0.4, -0.2) is 40.9 Å². The Bertz CT molecular complexity index is 1310. The van der Waals surface area contributed by atoms with Crippen molar-refractivity contribution < 1.29 is 23.3 Å². The van der Waals surface area contributed by atoms with Crippen molar-refractivity contribution in [2.24, 2.45) is 5.92 Å². The SMILES string of the molecule is CC(C)OC(=O)CNP(OCC1CC(C)C(n2ccc(=O)[nH]c2=O)O1)Oc1ccc(-c2ccccc2)cc1. The monoisotopic (exact) mass is 541 g/mol. The Balaban J connectivity index is 1.40. The minimum absolute atomic E-state index is 0.0128. The number of hydrogen-bond donors (Lipinski definition) is 2. The molecule has 1 aliphatic rings. The van der Waals surface area contributed by atoms with Crippen LogP contribution in [0.5, 0.6) is 5.75 Å². The van der Waals surface area contributed by atoms with Crippen LogP contribution in [0.15, 0.2) is 76.4 Å². The van der Waals surface area contributed by atoms with Gasteiger partial charge in [-0.15, -0.1) is 0 Å². The van der Waals surface area contributed by atoms with E-state index in [0.29, 0.717) is 12.2 Å². The summed E-state index contributed by atoms with van der Waals surface area (Å²) in [5.41, 5.74) is 1.16. The molecular formula is C27H32N3O7P. The van der Waals surface area contributed by atoms with E-state index >= 15 is 0 Å². The minimum atomic E-state index is -1.71. The van der Waals surface area contributed by atoms with Gasteiger partial charge in [-0.25, -0.2) is 9.88 Å². The quantitative estimate of drug-likeness (QED) is 0.276. The van der Waals surface area contributed by atoms with Crippen molar-refractivity contribution in [1.29, 1.82) is 0 Å². The van der Waals surface area contributed by atoms with E-state index in [2.05, 4.69) is 10.1 Å². The van der Waals surface area contributed by atoms with Crippen molar-refractivity contribution >= 4 is 14.5 Å². The Labute approximate surface area is 221 Å². The first-order chi connectivity index (χ1) is 18.3. The second kappa shape index (κ2) is 13.0. The van der Waals surface area contributed by atoms with Crippen molar-refractivity contribution in [2.75, 3.05) is 13.2 Å². The van der Waals surface area contributed by atoms with Gasteiger partial charge in [-0.1, -0.05) is 49.4 Å². The molecule has 0 amide bonds. The second-order valence-corrected chi connectivity index (χ2v) is 10.6. The van der Waals surface area contributed by atoms with E-state index in [1.165, 1.54) is 16.8 Å². The van der Waals surface area contributed by atoms with Gasteiger partial charge in [0, 0.05) is 18.2 Å². The molecule has 0 bridgehead atoms. The normalized spacial score (nSPS) is 19.8. The molecule has 2 N–H and O–H groups in total. The smallest absolute Gasteiger partial charge is 0.330 e. The molecule has 38 heavy (non-hydrogen) atoms. The second-order valence-electron chi connectivity index (χ2n) is 9.29. The predicted molar refractivity (Wildman–Crippen MR) is 144 cm³/mol. The van der Waals surface area contributed by atoms with Crippen LogP contribution in [0.1, 0.15) is 33.4 Å². The summed E-state index contributed by atoms with van der Waals surface area (Å²) in [6.07, 6.45) is 1.000. The van der Waals surface area contributed by atoms with Crippen molar-refractivity contribution in [2.45, 2.75) is 45.6 Å². The Morgan fingerprint density at radius 2 is 1.82 bits per heavy atom. The lowest BCUT2D eigenvalue weighted by molar-refractivity contribution is -0.145. The largest absolute Gasteiger partial charge is 0.462 e. The highest BCUT2D eigenvalue weighted by atomic mass is 31.2. The van der Waals surface area contributed by atoms with E-state index < -0.39 is 32.0 Å². The third-order valence-corrected chi connectivity index (χ3v) is 7.00. The van der Waals surface area contributed by atoms with Gasteiger partial charge in [-0.2, -0.15) is 0 Å². The number of nitrogens with one attached hydrogen (secondary N) is 2. The summed E-state index contributed by atoms with van der Waals surface area (Å²) >= 11 is 0. The van der Waals surface area contributed by atoms with Crippen LogP contribution < -0.4 is 20.9 Å². The number of H-pyrrole nitrogens is 1. The Morgan fingerprint density at radius 1 is 1.11 bits per heavy atom. The number of benzene rings is 2.